The molecular formula is C19H16BrN3O2. The fraction of sp³-hybridized carbons (Fsp3) is 0.158. The standard InChI is InChI=1S/C19H16BrN3O2/c1-23(10-12-6-2-4-8-14(12)20)11-16-21-17-13-7-3-5-9-15(13)25-18(17)19(24)22-16/h2-9H,10-11H2,1H3,(H,21,22,24). The fourth-order valence-electron chi connectivity index (χ4n) is 2.95. The monoisotopic (exact) mass is 397 g/mol. The fourth-order valence-corrected chi connectivity index (χ4v) is 3.36. The molecule has 0 fully saturated rings. The average Bonchev–Trinajstić information content (AvgIpc) is 2.96. The second kappa shape index (κ2) is 6.46. The Morgan fingerprint density at radius 2 is 1.88 bits per heavy atom. The Balaban J connectivity index is 1.66. The zero-order valence-corrected chi connectivity index (χ0v) is 15.2. The minimum Gasteiger partial charge on any atom is -0.449 e. The van der Waals surface area contributed by atoms with Crippen LogP contribution in [-0.4, -0.2) is 21.9 Å². The van der Waals surface area contributed by atoms with E-state index in [1.54, 1.807) is 0 Å². The molecule has 25 heavy (non-hydrogen) atoms. The number of aromatic amines is 1. The maximum Gasteiger partial charge on any atom is 0.294 e. The SMILES string of the molecule is CN(Cc1nc2c(oc3ccccc32)c(=O)[nH]1)Cc1ccccc1Br. The molecular weight excluding hydrogens is 382 g/mol. The molecule has 0 bridgehead atoms. The molecule has 2 heterocycles. The maximum atomic E-state index is 12.3. The number of nitrogens with zero attached hydrogens (tertiary/aromatic N) is 2. The Hall–Kier alpha value is -2.44. The average molecular weight is 398 g/mol. The summed E-state index contributed by atoms with van der Waals surface area (Å²) in [5.74, 6) is 0.624. The van der Waals surface area contributed by atoms with Crippen LogP contribution in [0, 0.1) is 0 Å². The van der Waals surface area contributed by atoms with Crippen LogP contribution in [0.3, 0.4) is 0 Å². The van der Waals surface area contributed by atoms with Crippen molar-refractivity contribution in [2.75, 3.05) is 7.05 Å². The highest BCUT2D eigenvalue weighted by atomic mass is 79.9. The summed E-state index contributed by atoms with van der Waals surface area (Å²) in [6, 6.07) is 15.7. The van der Waals surface area contributed by atoms with Crippen molar-refractivity contribution >= 4 is 38.0 Å². The number of halogens is 1. The van der Waals surface area contributed by atoms with Crippen molar-refractivity contribution in [1.82, 2.24) is 14.9 Å². The maximum absolute atomic E-state index is 12.3. The highest BCUT2D eigenvalue weighted by Crippen LogP contribution is 2.24. The molecule has 0 amide bonds. The van der Waals surface area contributed by atoms with Crippen LogP contribution in [0.2, 0.25) is 0 Å². The number of fused-ring (bicyclic) bond motifs is 3. The highest BCUT2D eigenvalue weighted by Gasteiger charge is 2.14. The first-order chi connectivity index (χ1) is 12.1. The van der Waals surface area contributed by atoms with Gasteiger partial charge < -0.3 is 9.40 Å². The molecule has 0 aliphatic carbocycles. The van der Waals surface area contributed by atoms with E-state index in [0.717, 1.165) is 16.4 Å². The summed E-state index contributed by atoms with van der Waals surface area (Å²) in [6.07, 6.45) is 0. The molecule has 5 nitrogen and oxygen atoms in total. The van der Waals surface area contributed by atoms with E-state index < -0.39 is 0 Å². The minimum atomic E-state index is -0.245. The predicted octanol–water partition coefficient (Wildman–Crippen LogP) is 4.06. The highest BCUT2D eigenvalue weighted by molar-refractivity contribution is 9.10. The lowest BCUT2D eigenvalue weighted by atomic mass is 10.2. The summed E-state index contributed by atoms with van der Waals surface area (Å²) in [5, 5.41) is 0.860. The van der Waals surface area contributed by atoms with E-state index in [-0.39, 0.29) is 11.1 Å². The second-order valence-corrected chi connectivity index (χ2v) is 6.91. The summed E-state index contributed by atoms with van der Waals surface area (Å²) in [6.45, 7) is 1.28. The summed E-state index contributed by atoms with van der Waals surface area (Å²) < 4.78 is 6.70. The molecule has 6 heteroatoms. The summed E-state index contributed by atoms with van der Waals surface area (Å²) >= 11 is 3.56. The Kier molecular flexibility index (Phi) is 4.15. The molecule has 0 atom stereocenters. The topological polar surface area (TPSA) is 62.1 Å². The Morgan fingerprint density at radius 1 is 1.12 bits per heavy atom. The first kappa shape index (κ1) is 16.1. The van der Waals surface area contributed by atoms with Crippen LogP contribution in [0.5, 0.6) is 0 Å². The predicted molar refractivity (Wildman–Crippen MR) is 101 cm³/mol. The van der Waals surface area contributed by atoms with E-state index in [1.807, 2.05) is 49.5 Å². The quantitative estimate of drug-likeness (QED) is 0.563. The molecule has 0 saturated carbocycles. The van der Waals surface area contributed by atoms with Gasteiger partial charge in [0.05, 0.1) is 6.54 Å². The van der Waals surface area contributed by atoms with Gasteiger partial charge in [-0.3, -0.25) is 9.69 Å². The Bertz CT molecular complexity index is 1120. The van der Waals surface area contributed by atoms with Crippen molar-refractivity contribution in [1.29, 1.82) is 0 Å². The van der Waals surface area contributed by atoms with Crippen LogP contribution in [0.1, 0.15) is 11.4 Å². The third-order valence-corrected chi connectivity index (χ3v) is 4.87. The van der Waals surface area contributed by atoms with Gasteiger partial charge >= 0.3 is 0 Å². The lowest BCUT2D eigenvalue weighted by Gasteiger charge is -2.16. The smallest absolute Gasteiger partial charge is 0.294 e. The Labute approximate surface area is 152 Å². The number of H-pyrrole nitrogens is 1. The van der Waals surface area contributed by atoms with E-state index in [2.05, 4.69) is 36.9 Å². The second-order valence-electron chi connectivity index (χ2n) is 6.05. The number of hydrogen-bond donors (Lipinski definition) is 1. The Morgan fingerprint density at radius 3 is 2.72 bits per heavy atom. The van der Waals surface area contributed by atoms with Crippen molar-refractivity contribution < 1.29 is 4.42 Å². The van der Waals surface area contributed by atoms with Gasteiger partial charge in [-0.05, 0) is 30.8 Å². The normalized spacial score (nSPS) is 11.6. The molecule has 0 aliphatic rings. The number of aromatic nitrogens is 2. The first-order valence-corrected chi connectivity index (χ1v) is 8.73. The zero-order chi connectivity index (χ0) is 17.4. The van der Waals surface area contributed by atoms with Gasteiger partial charge in [-0.2, -0.15) is 0 Å². The number of furan rings is 1. The van der Waals surface area contributed by atoms with Crippen molar-refractivity contribution in [2.24, 2.45) is 0 Å². The van der Waals surface area contributed by atoms with Crippen LogP contribution >= 0.6 is 15.9 Å². The van der Waals surface area contributed by atoms with Gasteiger partial charge in [0, 0.05) is 16.4 Å². The van der Waals surface area contributed by atoms with Crippen molar-refractivity contribution in [3.05, 3.63) is 74.7 Å². The summed E-state index contributed by atoms with van der Waals surface area (Å²) in [7, 11) is 2.00. The number of para-hydroxylation sites is 1. The van der Waals surface area contributed by atoms with E-state index in [9.17, 15) is 4.79 Å². The molecule has 4 aromatic rings. The van der Waals surface area contributed by atoms with Crippen molar-refractivity contribution in [2.45, 2.75) is 13.1 Å². The van der Waals surface area contributed by atoms with E-state index in [4.69, 9.17) is 4.42 Å². The molecule has 126 valence electrons. The number of benzene rings is 2. The lowest BCUT2D eigenvalue weighted by molar-refractivity contribution is 0.310. The molecule has 0 radical (unpaired) electrons. The van der Waals surface area contributed by atoms with Crippen LogP contribution < -0.4 is 5.56 Å². The van der Waals surface area contributed by atoms with Gasteiger partial charge in [0.25, 0.3) is 5.56 Å². The van der Waals surface area contributed by atoms with Crippen LogP contribution in [0.4, 0.5) is 0 Å². The van der Waals surface area contributed by atoms with E-state index in [1.165, 1.54) is 5.56 Å². The molecule has 0 spiro atoms. The van der Waals surface area contributed by atoms with Gasteiger partial charge in [-0.15, -0.1) is 0 Å². The largest absolute Gasteiger partial charge is 0.449 e. The van der Waals surface area contributed by atoms with E-state index in [0.29, 0.717) is 23.5 Å². The van der Waals surface area contributed by atoms with Crippen molar-refractivity contribution in [3.8, 4) is 0 Å². The third kappa shape index (κ3) is 3.10. The van der Waals surface area contributed by atoms with Crippen LogP contribution in [-0.2, 0) is 13.1 Å². The molecule has 0 unspecified atom stereocenters. The summed E-state index contributed by atoms with van der Waals surface area (Å²) in [5.41, 5.74) is 2.50. The molecule has 0 aliphatic heterocycles. The van der Waals surface area contributed by atoms with Gasteiger partial charge in [-0.1, -0.05) is 46.3 Å². The van der Waals surface area contributed by atoms with Gasteiger partial charge in [0.15, 0.2) is 0 Å². The molecule has 2 aromatic carbocycles. The number of nitrogens with one attached hydrogen (secondary N) is 1. The molecule has 1 N–H and O–H groups in total. The van der Waals surface area contributed by atoms with Crippen molar-refractivity contribution in [3.63, 3.8) is 0 Å². The van der Waals surface area contributed by atoms with Crippen LogP contribution in [0.25, 0.3) is 22.1 Å². The van der Waals surface area contributed by atoms with E-state index >= 15 is 0 Å². The molecule has 4 rings (SSSR count). The number of rotatable bonds is 4. The molecule has 0 saturated heterocycles. The minimum absolute atomic E-state index is 0.245. The van der Waals surface area contributed by atoms with Gasteiger partial charge in [0.1, 0.15) is 16.9 Å². The van der Waals surface area contributed by atoms with Gasteiger partial charge in [0.2, 0.25) is 5.58 Å². The number of hydrogen-bond acceptors (Lipinski definition) is 4. The zero-order valence-electron chi connectivity index (χ0n) is 13.6. The lowest BCUT2D eigenvalue weighted by Crippen LogP contribution is -2.21. The van der Waals surface area contributed by atoms with Crippen LogP contribution in [0.15, 0.2) is 62.2 Å². The summed E-state index contributed by atoms with van der Waals surface area (Å²) in [4.78, 5) is 21.9. The third-order valence-electron chi connectivity index (χ3n) is 4.10. The van der Waals surface area contributed by atoms with Gasteiger partial charge in [-0.25, -0.2) is 4.98 Å². The first-order valence-electron chi connectivity index (χ1n) is 7.94. The molecule has 2 aromatic heterocycles.